The zero-order valence-electron chi connectivity index (χ0n) is 12.2. The van der Waals surface area contributed by atoms with Gasteiger partial charge in [0.15, 0.2) is 11.5 Å². The normalized spacial score (nSPS) is 12.7. The van der Waals surface area contributed by atoms with Crippen LogP contribution in [0.5, 0.6) is 17.2 Å². The molecule has 0 atom stereocenters. The van der Waals surface area contributed by atoms with E-state index in [0.717, 1.165) is 6.07 Å². The van der Waals surface area contributed by atoms with Crippen LogP contribution in [-0.4, -0.2) is 26.2 Å². The standard InChI is InChI=1S/C16H13ClFNO4/c1-21-13-3-2-9(18)6-10(13)16(20)19-12-8-15-14(7-11(12)17)22-4-5-23-15/h2-3,6-8H,4-5H2,1H3,(H,19,20). The number of anilines is 1. The van der Waals surface area contributed by atoms with Crippen molar-refractivity contribution < 1.29 is 23.4 Å². The fourth-order valence-corrected chi connectivity index (χ4v) is 2.41. The summed E-state index contributed by atoms with van der Waals surface area (Å²) in [6.07, 6.45) is 0. The molecule has 0 saturated carbocycles. The second kappa shape index (κ2) is 6.34. The Bertz CT molecular complexity index is 766. The van der Waals surface area contributed by atoms with Crippen LogP contribution in [0, 0.1) is 5.82 Å². The number of methoxy groups -OCH3 is 1. The predicted octanol–water partition coefficient (Wildman–Crippen LogP) is 3.51. The lowest BCUT2D eigenvalue weighted by molar-refractivity contribution is 0.102. The number of ether oxygens (including phenoxy) is 3. The van der Waals surface area contributed by atoms with E-state index >= 15 is 0 Å². The zero-order valence-corrected chi connectivity index (χ0v) is 12.9. The summed E-state index contributed by atoms with van der Waals surface area (Å²) in [6.45, 7) is 0.856. The summed E-state index contributed by atoms with van der Waals surface area (Å²) in [4.78, 5) is 12.4. The minimum absolute atomic E-state index is 0.0680. The van der Waals surface area contributed by atoms with Gasteiger partial charge in [-0.3, -0.25) is 4.79 Å². The van der Waals surface area contributed by atoms with Crippen molar-refractivity contribution in [2.24, 2.45) is 0 Å². The maximum atomic E-state index is 13.4. The number of nitrogens with one attached hydrogen (secondary N) is 1. The average Bonchev–Trinajstić information content (AvgIpc) is 2.55. The SMILES string of the molecule is COc1ccc(F)cc1C(=O)Nc1cc2c(cc1Cl)OCCO2. The van der Waals surface area contributed by atoms with Crippen LogP contribution in [0.3, 0.4) is 0 Å². The molecule has 7 heteroatoms. The molecular weight excluding hydrogens is 325 g/mol. The maximum Gasteiger partial charge on any atom is 0.259 e. The molecule has 0 radical (unpaired) electrons. The van der Waals surface area contributed by atoms with E-state index in [1.807, 2.05) is 0 Å². The number of carbonyl (C=O) groups excluding carboxylic acids is 1. The minimum atomic E-state index is -0.542. The van der Waals surface area contributed by atoms with Gasteiger partial charge >= 0.3 is 0 Å². The van der Waals surface area contributed by atoms with Crippen molar-refractivity contribution in [3.05, 3.63) is 46.7 Å². The highest BCUT2D eigenvalue weighted by Gasteiger charge is 2.19. The summed E-state index contributed by atoms with van der Waals surface area (Å²) in [5, 5.41) is 2.92. The van der Waals surface area contributed by atoms with Crippen LogP contribution < -0.4 is 19.5 Å². The van der Waals surface area contributed by atoms with Gasteiger partial charge in [-0.2, -0.15) is 0 Å². The number of rotatable bonds is 3. The van der Waals surface area contributed by atoms with Crippen molar-refractivity contribution in [2.45, 2.75) is 0 Å². The summed E-state index contributed by atoms with van der Waals surface area (Å²) in [5.74, 6) is 0.187. The Balaban J connectivity index is 1.90. The van der Waals surface area contributed by atoms with Gasteiger partial charge in [0.05, 0.1) is 23.4 Å². The van der Waals surface area contributed by atoms with Gasteiger partial charge in [-0.05, 0) is 18.2 Å². The van der Waals surface area contributed by atoms with Gasteiger partial charge < -0.3 is 19.5 Å². The highest BCUT2D eigenvalue weighted by atomic mass is 35.5. The third-order valence-corrected chi connectivity index (χ3v) is 3.60. The van der Waals surface area contributed by atoms with Crippen LogP contribution in [0.2, 0.25) is 5.02 Å². The molecule has 1 aliphatic heterocycles. The smallest absolute Gasteiger partial charge is 0.259 e. The van der Waals surface area contributed by atoms with Crippen molar-refractivity contribution in [3.8, 4) is 17.2 Å². The van der Waals surface area contributed by atoms with Crippen molar-refractivity contribution in [1.82, 2.24) is 0 Å². The lowest BCUT2D eigenvalue weighted by atomic mass is 10.1. The highest BCUT2D eigenvalue weighted by molar-refractivity contribution is 6.34. The Morgan fingerprint density at radius 3 is 2.61 bits per heavy atom. The summed E-state index contributed by atoms with van der Waals surface area (Å²) in [5.41, 5.74) is 0.408. The number of hydrogen-bond donors (Lipinski definition) is 1. The van der Waals surface area contributed by atoms with E-state index in [-0.39, 0.29) is 16.3 Å². The molecule has 2 aromatic rings. The lowest BCUT2D eigenvalue weighted by Crippen LogP contribution is -2.17. The van der Waals surface area contributed by atoms with Crippen molar-refractivity contribution >= 4 is 23.2 Å². The second-order valence-electron chi connectivity index (χ2n) is 4.77. The van der Waals surface area contributed by atoms with Crippen LogP contribution in [-0.2, 0) is 0 Å². The zero-order chi connectivity index (χ0) is 16.4. The molecule has 2 aromatic carbocycles. The number of hydrogen-bond acceptors (Lipinski definition) is 4. The average molecular weight is 338 g/mol. The monoisotopic (exact) mass is 337 g/mol. The van der Waals surface area contributed by atoms with Crippen LogP contribution in [0.4, 0.5) is 10.1 Å². The fraction of sp³-hybridized carbons (Fsp3) is 0.188. The molecule has 1 N–H and O–H groups in total. The molecule has 0 bridgehead atoms. The highest BCUT2D eigenvalue weighted by Crippen LogP contribution is 2.38. The molecule has 0 spiro atoms. The van der Waals surface area contributed by atoms with Gasteiger partial charge in [0.2, 0.25) is 0 Å². The number of benzene rings is 2. The summed E-state index contributed by atoms with van der Waals surface area (Å²) >= 11 is 6.14. The largest absolute Gasteiger partial charge is 0.496 e. The van der Waals surface area contributed by atoms with E-state index in [2.05, 4.69) is 5.32 Å². The van der Waals surface area contributed by atoms with Crippen LogP contribution >= 0.6 is 11.6 Å². The second-order valence-corrected chi connectivity index (χ2v) is 5.18. The van der Waals surface area contributed by atoms with Crippen LogP contribution in [0.25, 0.3) is 0 Å². The van der Waals surface area contributed by atoms with E-state index in [0.29, 0.717) is 30.4 Å². The third-order valence-electron chi connectivity index (χ3n) is 3.29. The molecule has 1 amide bonds. The first kappa shape index (κ1) is 15.4. The van der Waals surface area contributed by atoms with E-state index in [4.69, 9.17) is 25.8 Å². The Morgan fingerprint density at radius 2 is 1.91 bits per heavy atom. The first-order valence-electron chi connectivity index (χ1n) is 6.82. The number of amides is 1. The van der Waals surface area contributed by atoms with Gasteiger partial charge in [-0.15, -0.1) is 0 Å². The van der Waals surface area contributed by atoms with Gasteiger partial charge in [-0.1, -0.05) is 11.6 Å². The molecule has 23 heavy (non-hydrogen) atoms. The van der Waals surface area contributed by atoms with Gasteiger partial charge in [0.1, 0.15) is 24.8 Å². The Hall–Kier alpha value is -2.47. The predicted molar refractivity (Wildman–Crippen MR) is 83.3 cm³/mol. The summed E-state index contributed by atoms with van der Waals surface area (Å²) in [7, 11) is 1.40. The summed E-state index contributed by atoms with van der Waals surface area (Å²) in [6, 6.07) is 6.83. The van der Waals surface area contributed by atoms with Gasteiger partial charge in [0.25, 0.3) is 5.91 Å². The molecule has 1 aliphatic rings. The molecular formula is C16H13ClFNO4. The molecule has 0 unspecified atom stereocenters. The minimum Gasteiger partial charge on any atom is -0.496 e. The van der Waals surface area contributed by atoms with E-state index in [9.17, 15) is 9.18 Å². The number of carbonyl (C=O) groups is 1. The van der Waals surface area contributed by atoms with Gasteiger partial charge in [-0.25, -0.2) is 4.39 Å². The van der Waals surface area contributed by atoms with Crippen LogP contribution in [0.15, 0.2) is 30.3 Å². The van der Waals surface area contributed by atoms with Crippen molar-refractivity contribution in [3.63, 3.8) is 0 Å². The molecule has 3 rings (SSSR count). The molecule has 0 aliphatic carbocycles. The topological polar surface area (TPSA) is 56.8 Å². The molecule has 0 fully saturated rings. The first-order chi connectivity index (χ1) is 11.1. The van der Waals surface area contributed by atoms with Crippen LogP contribution in [0.1, 0.15) is 10.4 Å². The van der Waals surface area contributed by atoms with E-state index < -0.39 is 11.7 Å². The number of fused-ring (bicyclic) bond motifs is 1. The molecule has 0 saturated heterocycles. The molecule has 1 heterocycles. The number of halogens is 2. The Kier molecular flexibility index (Phi) is 4.25. The lowest BCUT2D eigenvalue weighted by Gasteiger charge is -2.20. The van der Waals surface area contributed by atoms with Gasteiger partial charge in [0, 0.05) is 12.1 Å². The van der Waals surface area contributed by atoms with E-state index in [1.54, 1.807) is 12.1 Å². The third kappa shape index (κ3) is 3.17. The molecule has 120 valence electrons. The van der Waals surface area contributed by atoms with E-state index in [1.165, 1.54) is 19.2 Å². The Labute approximate surface area is 136 Å². The fourth-order valence-electron chi connectivity index (χ4n) is 2.21. The maximum absolute atomic E-state index is 13.4. The molecule has 5 nitrogen and oxygen atoms in total. The first-order valence-corrected chi connectivity index (χ1v) is 7.20. The quantitative estimate of drug-likeness (QED) is 0.931. The molecule has 0 aromatic heterocycles. The summed E-state index contributed by atoms with van der Waals surface area (Å²) < 4.78 is 29.3. The Morgan fingerprint density at radius 1 is 1.22 bits per heavy atom. The van der Waals surface area contributed by atoms with Crippen molar-refractivity contribution in [2.75, 3.05) is 25.6 Å². The van der Waals surface area contributed by atoms with Crippen molar-refractivity contribution in [1.29, 1.82) is 0 Å².